The van der Waals surface area contributed by atoms with Crippen molar-refractivity contribution in [3.05, 3.63) is 69.4 Å². The molecule has 26 heavy (non-hydrogen) atoms. The molecule has 0 atom stereocenters. The molecule has 0 aliphatic rings. The van der Waals surface area contributed by atoms with Crippen LogP contribution in [0.3, 0.4) is 0 Å². The van der Waals surface area contributed by atoms with Gasteiger partial charge in [0.2, 0.25) is 10.0 Å². The van der Waals surface area contributed by atoms with Gasteiger partial charge >= 0.3 is 0 Å². The molecule has 0 radical (unpaired) electrons. The molecule has 1 amide bonds. The molecule has 0 aliphatic heterocycles. The number of sulfonamides is 1. The lowest BCUT2D eigenvalue weighted by atomic mass is 10.1. The fraction of sp³-hybridized carbons (Fsp3) is 0.278. The highest BCUT2D eigenvalue weighted by atomic mass is 79.9. The van der Waals surface area contributed by atoms with E-state index in [1.807, 2.05) is 0 Å². The predicted molar refractivity (Wildman–Crippen MR) is 103 cm³/mol. The Morgan fingerprint density at radius 2 is 1.73 bits per heavy atom. The number of carbonyl (C=O) groups excluding carboxylic acids is 1. The van der Waals surface area contributed by atoms with Gasteiger partial charge in [0.05, 0.1) is 11.3 Å². The largest absolute Gasteiger partial charge is 0.348 e. The first-order valence-electron chi connectivity index (χ1n) is 7.97. The number of hydrogen-bond donors (Lipinski definition) is 2. The summed E-state index contributed by atoms with van der Waals surface area (Å²) >= 11 is 3.21. The van der Waals surface area contributed by atoms with E-state index >= 15 is 0 Å². The molecule has 5 nitrogen and oxygen atoms in total. The Kier molecular flexibility index (Phi) is 6.91. The number of rotatable bonds is 7. The Morgan fingerprint density at radius 1 is 1.12 bits per heavy atom. The van der Waals surface area contributed by atoms with E-state index in [4.69, 9.17) is 0 Å². The maximum Gasteiger partial charge on any atom is 0.254 e. The zero-order valence-corrected chi connectivity index (χ0v) is 16.8. The molecule has 8 heteroatoms. The fourth-order valence-electron chi connectivity index (χ4n) is 2.32. The van der Waals surface area contributed by atoms with Gasteiger partial charge in [0, 0.05) is 17.1 Å². The van der Waals surface area contributed by atoms with Crippen molar-refractivity contribution < 1.29 is 17.6 Å². The molecule has 2 aromatic carbocycles. The van der Waals surface area contributed by atoms with Gasteiger partial charge in [0.1, 0.15) is 5.82 Å². The molecule has 140 valence electrons. The van der Waals surface area contributed by atoms with Crippen LogP contribution >= 0.6 is 15.9 Å². The Hall–Kier alpha value is -1.77. The Labute approximate surface area is 161 Å². The van der Waals surface area contributed by atoms with Gasteiger partial charge in [-0.1, -0.05) is 40.2 Å². The Balaban J connectivity index is 1.97. The fourth-order valence-corrected chi connectivity index (χ4v) is 4.12. The normalized spacial score (nSPS) is 11.6. The van der Waals surface area contributed by atoms with Gasteiger partial charge in [-0.25, -0.2) is 17.5 Å². The van der Waals surface area contributed by atoms with Crippen molar-refractivity contribution in [1.82, 2.24) is 10.0 Å². The summed E-state index contributed by atoms with van der Waals surface area (Å²) in [5.74, 6) is -1.22. The molecule has 2 aromatic rings. The number of halogens is 2. The van der Waals surface area contributed by atoms with Gasteiger partial charge in [0.15, 0.2) is 0 Å². The number of benzene rings is 2. The summed E-state index contributed by atoms with van der Waals surface area (Å²) in [6, 6.07) is 10.9. The van der Waals surface area contributed by atoms with Gasteiger partial charge in [0.25, 0.3) is 5.91 Å². The lowest BCUT2D eigenvalue weighted by Gasteiger charge is -2.10. The minimum absolute atomic E-state index is 0.0400. The minimum atomic E-state index is -3.38. The molecule has 0 unspecified atom stereocenters. The summed E-state index contributed by atoms with van der Waals surface area (Å²) in [6.07, 6.45) is 0. The van der Waals surface area contributed by atoms with E-state index in [2.05, 4.69) is 26.0 Å². The van der Waals surface area contributed by atoms with E-state index in [1.165, 1.54) is 18.2 Å². The lowest BCUT2D eigenvalue weighted by molar-refractivity contribution is 0.0947. The average molecular weight is 443 g/mol. The van der Waals surface area contributed by atoms with Crippen LogP contribution in [0.25, 0.3) is 0 Å². The lowest BCUT2D eigenvalue weighted by Crippen LogP contribution is -2.31. The number of nitrogens with one attached hydrogen (secondary N) is 2. The quantitative estimate of drug-likeness (QED) is 0.690. The molecule has 0 fully saturated rings. The molecule has 0 saturated heterocycles. The first kappa shape index (κ1) is 20.5. The average Bonchev–Trinajstić information content (AvgIpc) is 2.54. The predicted octanol–water partition coefficient (Wildman–Crippen LogP) is 3.35. The van der Waals surface area contributed by atoms with Crippen molar-refractivity contribution in [3.63, 3.8) is 0 Å². The van der Waals surface area contributed by atoms with Crippen molar-refractivity contribution in [2.45, 2.75) is 32.2 Å². The standard InChI is InChI=1S/C18H20BrFN2O3S/c1-12(2)22-26(24,25)11-14-5-3-13(4-6-14)10-21-18(23)16-9-15(19)7-8-17(16)20/h3-9,12,22H,10-11H2,1-2H3,(H,21,23). The van der Waals surface area contributed by atoms with Crippen molar-refractivity contribution in [1.29, 1.82) is 0 Å². The zero-order valence-electron chi connectivity index (χ0n) is 14.4. The Bertz CT molecular complexity index is 884. The smallest absolute Gasteiger partial charge is 0.254 e. The van der Waals surface area contributed by atoms with Crippen LogP contribution in [-0.2, 0) is 22.3 Å². The highest BCUT2D eigenvalue weighted by Gasteiger charge is 2.14. The number of amides is 1. The van der Waals surface area contributed by atoms with Gasteiger partial charge in [-0.05, 0) is 43.2 Å². The summed E-state index contributed by atoms with van der Waals surface area (Å²) in [6.45, 7) is 3.73. The second kappa shape index (κ2) is 8.75. The molecular weight excluding hydrogens is 423 g/mol. The van der Waals surface area contributed by atoms with Crippen LogP contribution in [0.1, 0.15) is 35.3 Å². The second-order valence-corrected chi connectivity index (χ2v) is 8.82. The first-order chi connectivity index (χ1) is 12.2. The summed E-state index contributed by atoms with van der Waals surface area (Å²) in [7, 11) is -3.38. The highest BCUT2D eigenvalue weighted by molar-refractivity contribution is 9.10. The van der Waals surface area contributed by atoms with E-state index in [0.29, 0.717) is 10.0 Å². The number of carbonyl (C=O) groups is 1. The van der Waals surface area contributed by atoms with E-state index in [1.54, 1.807) is 38.1 Å². The third-order valence-corrected chi connectivity index (χ3v) is 5.46. The first-order valence-corrected chi connectivity index (χ1v) is 10.4. The van der Waals surface area contributed by atoms with E-state index in [0.717, 1.165) is 5.56 Å². The van der Waals surface area contributed by atoms with Crippen LogP contribution < -0.4 is 10.0 Å². The van der Waals surface area contributed by atoms with Crippen LogP contribution in [0.15, 0.2) is 46.9 Å². The molecule has 0 spiro atoms. The van der Waals surface area contributed by atoms with Gasteiger partial charge in [-0.2, -0.15) is 0 Å². The van der Waals surface area contributed by atoms with E-state index in [9.17, 15) is 17.6 Å². The van der Waals surface area contributed by atoms with Gasteiger partial charge < -0.3 is 5.32 Å². The van der Waals surface area contributed by atoms with Crippen molar-refractivity contribution >= 4 is 31.9 Å². The van der Waals surface area contributed by atoms with E-state index < -0.39 is 21.7 Å². The molecule has 0 heterocycles. The van der Waals surface area contributed by atoms with Gasteiger partial charge in [-0.3, -0.25) is 4.79 Å². The molecule has 0 aromatic heterocycles. The summed E-state index contributed by atoms with van der Waals surface area (Å²) in [5, 5.41) is 2.65. The molecule has 2 rings (SSSR count). The summed E-state index contributed by atoms with van der Waals surface area (Å²) < 4.78 is 40.7. The topological polar surface area (TPSA) is 75.3 Å². The van der Waals surface area contributed by atoms with Gasteiger partial charge in [-0.15, -0.1) is 0 Å². The highest BCUT2D eigenvalue weighted by Crippen LogP contribution is 2.16. The third kappa shape index (κ3) is 6.19. The number of hydrogen-bond acceptors (Lipinski definition) is 3. The second-order valence-electron chi connectivity index (χ2n) is 6.15. The SMILES string of the molecule is CC(C)NS(=O)(=O)Cc1ccc(CNC(=O)c2cc(Br)ccc2F)cc1. The minimum Gasteiger partial charge on any atom is -0.348 e. The maximum atomic E-state index is 13.7. The molecule has 0 bridgehead atoms. The van der Waals surface area contributed by atoms with Crippen LogP contribution in [0.2, 0.25) is 0 Å². The molecule has 2 N–H and O–H groups in total. The van der Waals surface area contributed by atoms with Crippen molar-refractivity contribution in [2.24, 2.45) is 0 Å². The van der Waals surface area contributed by atoms with Crippen LogP contribution in [0.4, 0.5) is 4.39 Å². The maximum absolute atomic E-state index is 13.7. The monoisotopic (exact) mass is 442 g/mol. The summed E-state index contributed by atoms with van der Waals surface area (Å²) in [5.41, 5.74) is 1.39. The zero-order chi connectivity index (χ0) is 19.3. The van der Waals surface area contributed by atoms with Crippen molar-refractivity contribution in [2.75, 3.05) is 0 Å². The van der Waals surface area contributed by atoms with Crippen molar-refractivity contribution in [3.8, 4) is 0 Å². The van der Waals surface area contributed by atoms with E-state index in [-0.39, 0.29) is 23.9 Å². The van der Waals surface area contributed by atoms with Crippen LogP contribution in [-0.4, -0.2) is 20.4 Å². The van der Waals surface area contributed by atoms with Crippen LogP contribution in [0.5, 0.6) is 0 Å². The third-order valence-electron chi connectivity index (χ3n) is 3.42. The summed E-state index contributed by atoms with van der Waals surface area (Å²) in [4.78, 5) is 12.1. The van der Waals surface area contributed by atoms with Crippen LogP contribution in [0, 0.1) is 5.82 Å². The molecule has 0 saturated carbocycles. The Morgan fingerprint density at radius 3 is 2.35 bits per heavy atom. The molecule has 0 aliphatic carbocycles. The molecular formula is C18H20BrFN2O3S.